The van der Waals surface area contributed by atoms with Gasteiger partial charge >= 0.3 is 0 Å². The largest absolute Gasteiger partial charge is 0.488 e. The van der Waals surface area contributed by atoms with Crippen molar-refractivity contribution in [2.75, 3.05) is 5.73 Å². The highest BCUT2D eigenvalue weighted by atomic mass is 19.1. The summed E-state index contributed by atoms with van der Waals surface area (Å²) in [6, 6.07) is 4.67. The van der Waals surface area contributed by atoms with Crippen molar-refractivity contribution in [3.8, 4) is 5.75 Å². The Labute approximate surface area is 123 Å². The van der Waals surface area contributed by atoms with E-state index in [0.29, 0.717) is 13.0 Å². The first-order chi connectivity index (χ1) is 10.1. The number of anilines is 1. The molecule has 1 aromatic heterocycles. The minimum absolute atomic E-state index is 0.0175. The first-order valence-corrected chi connectivity index (χ1v) is 7.41. The van der Waals surface area contributed by atoms with E-state index in [9.17, 15) is 4.39 Å². The number of rotatable bonds is 4. The van der Waals surface area contributed by atoms with Crippen LogP contribution >= 0.6 is 0 Å². The third-order valence-electron chi connectivity index (χ3n) is 3.98. The normalized spacial score (nSPS) is 16.8. The number of benzene rings is 1. The Morgan fingerprint density at radius 3 is 2.90 bits per heavy atom. The lowest BCUT2D eigenvalue weighted by Crippen LogP contribution is -2.23. The van der Waals surface area contributed by atoms with Crippen LogP contribution in [0.3, 0.4) is 0 Å². The van der Waals surface area contributed by atoms with Crippen molar-refractivity contribution in [3.05, 3.63) is 41.0 Å². The van der Waals surface area contributed by atoms with Crippen LogP contribution in [0.2, 0.25) is 0 Å². The molecule has 1 aliphatic rings. The predicted octanol–water partition coefficient (Wildman–Crippen LogP) is 2.73. The highest BCUT2D eigenvalue weighted by Crippen LogP contribution is 2.30. The molecule has 0 aliphatic carbocycles. The maximum atomic E-state index is 13.2. The second-order valence-corrected chi connectivity index (χ2v) is 5.39. The molecular weight excluding hydrogens is 269 g/mol. The molecule has 1 aliphatic heterocycles. The molecule has 1 unspecified atom stereocenters. The molecule has 0 saturated heterocycles. The quantitative estimate of drug-likeness (QED) is 0.941. The third-order valence-corrected chi connectivity index (χ3v) is 3.98. The zero-order chi connectivity index (χ0) is 15.0. The number of nitrogens with two attached hydrogens (primary N) is 1. The molecule has 0 radical (unpaired) electrons. The van der Waals surface area contributed by atoms with Gasteiger partial charge in [0.25, 0.3) is 0 Å². The standard InChI is InChI=1S/C16H20FN3O/c1-3-13-16(18)14(4-2)20(19-13)9-12-8-10-7-11(17)5-6-15(10)21-12/h5-7,12H,3-4,8-9,18H2,1-2H3. The van der Waals surface area contributed by atoms with Crippen LogP contribution in [-0.4, -0.2) is 15.9 Å². The Bertz CT molecular complexity index is 666. The van der Waals surface area contributed by atoms with Crippen molar-refractivity contribution in [1.82, 2.24) is 9.78 Å². The molecule has 2 N–H and O–H groups in total. The maximum absolute atomic E-state index is 13.2. The van der Waals surface area contributed by atoms with Crippen molar-refractivity contribution >= 4 is 5.69 Å². The van der Waals surface area contributed by atoms with Crippen LogP contribution in [0.5, 0.6) is 5.75 Å². The van der Waals surface area contributed by atoms with Crippen molar-refractivity contribution in [3.63, 3.8) is 0 Å². The Morgan fingerprint density at radius 1 is 1.38 bits per heavy atom. The van der Waals surface area contributed by atoms with E-state index in [-0.39, 0.29) is 11.9 Å². The van der Waals surface area contributed by atoms with E-state index in [1.165, 1.54) is 6.07 Å². The lowest BCUT2D eigenvalue weighted by Gasteiger charge is -2.13. The lowest BCUT2D eigenvalue weighted by atomic mass is 10.1. The molecule has 0 spiro atoms. The molecule has 0 saturated carbocycles. The molecule has 21 heavy (non-hydrogen) atoms. The predicted molar refractivity (Wildman–Crippen MR) is 79.9 cm³/mol. The number of aromatic nitrogens is 2. The second kappa shape index (κ2) is 5.39. The van der Waals surface area contributed by atoms with E-state index in [2.05, 4.69) is 12.0 Å². The summed E-state index contributed by atoms with van der Waals surface area (Å²) in [4.78, 5) is 0. The van der Waals surface area contributed by atoms with E-state index in [1.54, 1.807) is 12.1 Å². The maximum Gasteiger partial charge on any atom is 0.123 e. The summed E-state index contributed by atoms with van der Waals surface area (Å²) in [7, 11) is 0. The first-order valence-electron chi connectivity index (χ1n) is 7.41. The molecule has 1 atom stereocenters. The fourth-order valence-electron chi connectivity index (χ4n) is 2.93. The van der Waals surface area contributed by atoms with Crippen LogP contribution in [0.25, 0.3) is 0 Å². The smallest absolute Gasteiger partial charge is 0.123 e. The Kier molecular flexibility index (Phi) is 3.57. The van der Waals surface area contributed by atoms with Gasteiger partial charge in [0.05, 0.1) is 23.6 Å². The molecule has 0 bridgehead atoms. The molecule has 2 aromatic rings. The number of hydrogen-bond donors (Lipinski definition) is 1. The fraction of sp³-hybridized carbons (Fsp3) is 0.438. The summed E-state index contributed by atoms with van der Waals surface area (Å²) >= 11 is 0. The van der Waals surface area contributed by atoms with Crippen LogP contribution in [0, 0.1) is 5.82 Å². The molecular formula is C16H20FN3O. The van der Waals surface area contributed by atoms with E-state index in [0.717, 1.165) is 41.2 Å². The zero-order valence-electron chi connectivity index (χ0n) is 12.4. The second-order valence-electron chi connectivity index (χ2n) is 5.39. The van der Waals surface area contributed by atoms with E-state index >= 15 is 0 Å². The first kappa shape index (κ1) is 13.9. The molecule has 0 fully saturated rings. The fourth-order valence-corrected chi connectivity index (χ4v) is 2.93. The summed E-state index contributed by atoms with van der Waals surface area (Å²) in [5, 5.41) is 4.58. The number of hydrogen-bond acceptors (Lipinski definition) is 3. The lowest BCUT2D eigenvalue weighted by molar-refractivity contribution is 0.201. The van der Waals surface area contributed by atoms with Gasteiger partial charge < -0.3 is 10.5 Å². The van der Waals surface area contributed by atoms with Crippen molar-refractivity contribution in [1.29, 1.82) is 0 Å². The van der Waals surface area contributed by atoms with Gasteiger partial charge in [0.2, 0.25) is 0 Å². The molecule has 1 aromatic carbocycles. The summed E-state index contributed by atoms with van der Waals surface area (Å²) in [5.74, 6) is 0.555. The van der Waals surface area contributed by atoms with Gasteiger partial charge in [-0.15, -0.1) is 0 Å². The highest BCUT2D eigenvalue weighted by molar-refractivity contribution is 5.48. The van der Waals surface area contributed by atoms with Crippen LogP contribution in [0.1, 0.15) is 30.8 Å². The molecule has 3 rings (SSSR count). The topological polar surface area (TPSA) is 53.1 Å². The van der Waals surface area contributed by atoms with Crippen molar-refractivity contribution < 1.29 is 9.13 Å². The molecule has 0 amide bonds. The number of halogens is 1. The molecule has 5 heteroatoms. The van der Waals surface area contributed by atoms with E-state index in [4.69, 9.17) is 10.5 Å². The molecule has 2 heterocycles. The minimum atomic E-state index is -0.219. The van der Waals surface area contributed by atoms with Gasteiger partial charge in [0.1, 0.15) is 17.7 Å². The van der Waals surface area contributed by atoms with Gasteiger partial charge in [-0.3, -0.25) is 4.68 Å². The zero-order valence-corrected chi connectivity index (χ0v) is 12.4. The van der Waals surface area contributed by atoms with Gasteiger partial charge in [-0.25, -0.2) is 4.39 Å². The van der Waals surface area contributed by atoms with Crippen molar-refractivity contribution in [2.24, 2.45) is 0 Å². The number of ether oxygens (including phenoxy) is 1. The summed E-state index contributed by atoms with van der Waals surface area (Å²) in [6.45, 7) is 4.76. The highest BCUT2D eigenvalue weighted by Gasteiger charge is 2.25. The van der Waals surface area contributed by atoms with Gasteiger partial charge in [-0.2, -0.15) is 5.10 Å². The van der Waals surface area contributed by atoms with E-state index < -0.39 is 0 Å². The van der Waals surface area contributed by atoms with Crippen molar-refractivity contribution in [2.45, 2.75) is 45.8 Å². The SMILES string of the molecule is CCc1nn(CC2Cc3cc(F)ccc3O2)c(CC)c1N. The Hall–Kier alpha value is -2.04. The minimum Gasteiger partial charge on any atom is -0.488 e. The third kappa shape index (κ3) is 2.48. The van der Waals surface area contributed by atoms with Crippen LogP contribution in [0.15, 0.2) is 18.2 Å². The average molecular weight is 289 g/mol. The Morgan fingerprint density at radius 2 is 2.19 bits per heavy atom. The van der Waals surface area contributed by atoms with Gasteiger partial charge in [-0.1, -0.05) is 13.8 Å². The number of fused-ring (bicyclic) bond motifs is 1. The van der Waals surface area contributed by atoms with Crippen LogP contribution in [-0.2, 0) is 25.8 Å². The average Bonchev–Trinajstić information content (AvgIpc) is 2.99. The summed E-state index contributed by atoms with van der Waals surface area (Å²) in [6.07, 6.45) is 2.35. The van der Waals surface area contributed by atoms with Crippen LogP contribution < -0.4 is 10.5 Å². The van der Waals surface area contributed by atoms with E-state index in [1.807, 2.05) is 11.6 Å². The van der Waals surface area contributed by atoms with Gasteiger partial charge in [0.15, 0.2) is 0 Å². The number of aryl methyl sites for hydroxylation is 1. The molecule has 4 nitrogen and oxygen atoms in total. The van der Waals surface area contributed by atoms with Crippen LogP contribution in [0.4, 0.5) is 10.1 Å². The number of nitrogens with zero attached hydrogens (tertiary/aromatic N) is 2. The summed E-state index contributed by atoms with van der Waals surface area (Å²) < 4.78 is 21.1. The van der Waals surface area contributed by atoms with Gasteiger partial charge in [0, 0.05) is 12.0 Å². The Balaban J connectivity index is 1.80. The number of nitrogen functional groups attached to an aromatic ring is 1. The molecule has 112 valence electrons. The van der Waals surface area contributed by atoms with Gasteiger partial charge in [-0.05, 0) is 31.0 Å². The summed E-state index contributed by atoms with van der Waals surface area (Å²) in [5.41, 5.74) is 9.84. The monoisotopic (exact) mass is 289 g/mol.